The Hall–Kier alpha value is -1.15. The van der Waals surface area contributed by atoms with Crippen LogP contribution in [0, 0.1) is 0 Å². The lowest BCUT2D eigenvalue weighted by Gasteiger charge is -2.18. The monoisotopic (exact) mass is 363 g/mol. The molecule has 0 radical (unpaired) electrons. The molecule has 0 aromatic heterocycles. The number of nitrogens with one attached hydrogen (secondary N) is 2. The molecule has 1 aromatic rings. The van der Waals surface area contributed by atoms with Gasteiger partial charge in [-0.15, -0.1) is 12.4 Å². The third-order valence-electron chi connectivity index (χ3n) is 3.36. The maximum absolute atomic E-state index is 12.2. The second-order valence-electron chi connectivity index (χ2n) is 4.86. The minimum absolute atomic E-state index is 0. The first kappa shape index (κ1) is 21.9. The SMILES string of the molecule is CCN(CC)C(=O)c1ccc(S(=O)(=O)NCCCNC)cc1.Cl. The minimum Gasteiger partial charge on any atom is -0.339 e. The van der Waals surface area contributed by atoms with E-state index in [2.05, 4.69) is 10.0 Å². The number of benzene rings is 1. The number of rotatable bonds is 9. The van der Waals surface area contributed by atoms with Crippen LogP contribution in [0.1, 0.15) is 30.6 Å². The molecule has 0 atom stereocenters. The molecule has 0 spiro atoms. The summed E-state index contributed by atoms with van der Waals surface area (Å²) in [6.45, 7) is 6.21. The summed E-state index contributed by atoms with van der Waals surface area (Å²) in [6.07, 6.45) is 0.717. The molecule has 1 amide bonds. The van der Waals surface area contributed by atoms with Crippen molar-refractivity contribution in [2.45, 2.75) is 25.2 Å². The van der Waals surface area contributed by atoms with Gasteiger partial charge in [-0.2, -0.15) is 0 Å². The van der Waals surface area contributed by atoms with Crippen LogP contribution in [0.3, 0.4) is 0 Å². The first-order valence-electron chi connectivity index (χ1n) is 7.49. The summed E-state index contributed by atoms with van der Waals surface area (Å²) in [5.41, 5.74) is 0.498. The third-order valence-corrected chi connectivity index (χ3v) is 4.83. The van der Waals surface area contributed by atoms with Crippen LogP contribution < -0.4 is 10.0 Å². The molecule has 0 unspecified atom stereocenters. The van der Waals surface area contributed by atoms with Gasteiger partial charge in [-0.3, -0.25) is 4.79 Å². The molecular formula is C15H26ClN3O3S. The standard InChI is InChI=1S/C15H25N3O3S.ClH/c1-4-18(5-2)15(19)13-7-9-14(10-8-13)22(20,21)17-12-6-11-16-3;/h7-10,16-17H,4-6,11-12H2,1-3H3;1H. The van der Waals surface area contributed by atoms with E-state index in [4.69, 9.17) is 0 Å². The van der Waals surface area contributed by atoms with Crippen molar-refractivity contribution in [2.24, 2.45) is 0 Å². The van der Waals surface area contributed by atoms with E-state index in [0.29, 0.717) is 31.6 Å². The topological polar surface area (TPSA) is 78.5 Å². The van der Waals surface area contributed by atoms with Gasteiger partial charge in [-0.05, 0) is 58.1 Å². The number of halogens is 1. The van der Waals surface area contributed by atoms with Gasteiger partial charge in [0.1, 0.15) is 0 Å². The Morgan fingerprint density at radius 2 is 1.65 bits per heavy atom. The Morgan fingerprint density at radius 1 is 1.09 bits per heavy atom. The highest BCUT2D eigenvalue weighted by Gasteiger charge is 2.16. The normalized spacial score (nSPS) is 10.9. The van der Waals surface area contributed by atoms with Gasteiger partial charge in [0.2, 0.25) is 10.0 Å². The largest absolute Gasteiger partial charge is 0.339 e. The summed E-state index contributed by atoms with van der Waals surface area (Å²) in [7, 11) is -1.70. The van der Waals surface area contributed by atoms with E-state index in [1.165, 1.54) is 12.1 Å². The molecule has 6 nitrogen and oxygen atoms in total. The molecule has 2 N–H and O–H groups in total. The van der Waals surface area contributed by atoms with Gasteiger partial charge < -0.3 is 10.2 Å². The number of amides is 1. The Balaban J connectivity index is 0.00000484. The molecule has 23 heavy (non-hydrogen) atoms. The molecule has 132 valence electrons. The van der Waals surface area contributed by atoms with Crippen molar-refractivity contribution in [2.75, 3.05) is 33.2 Å². The molecule has 0 aliphatic rings. The Morgan fingerprint density at radius 3 is 2.13 bits per heavy atom. The zero-order valence-electron chi connectivity index (χ0n) is 13.8. The van der Waals surface area contributed by atoms with Crippen LogP contribution in [-0.2, 0) is 10.0 Å². The van der Waals surface area contributed by atoms with Gasteiger partial charge in [0.05, 0.1) is 4.90 Å². The zero-order chi connectivity index (χ0) is 16.6. The highest BCUT2D eigenvalue weighted by molar-refractivity contribution is 7.89. The summed E-state index contributed by atoms with van der Waals surface area (Å²) in [6, 6.07) is 6.06. The Labute approximate surface area is 145 Å². The van der Waals surface area contributed by atoms with Crippen LogP contribution in [0.5, 0.6) is 0 Å². The van der Waals surface area contributed by atoms with Gasteiger partial charge in [-0.1, -0.05) is 0 Å². The lowest BCUT2D eigenvalue weighted by molar-refractivity contribution is 0.0773. The number of carbonyl (C=O) groups is 1. The summed E-state index contributed by atoms with van der Waals surface area (Å²) >= 11 is 0. The quantitative estimate of drug-likeness (QED) is 0.651. The van der Waals surface area contributed by atoms with Crippen molar-refractivity contribution < 1.29 is 13.2 Å². The second-order valence-corrected chi connectivity index (χ2v) is 6.62. The average Bonchev–Trinajstić information content (AvgIpc) is 2.53. The molecule has 0 bridgehead atoms. The van der Waals surface area contributed by atoms with Crippen LogP contribution in [0.2, 0.25) is 0 Å². The van der Waals surface area contributed by atoms with E-state index in [9.17, 15) is 13.2 Å². The van der Waals surface area contributed by atoms with E-state index in [1.807, 2.05) is 20.9 Å². The third kappa shape index (κ3) is 6.47. The molecule has 0 aliphatic carbocycles. The van der Waals surface area contributed by atoms with Gasteiger partial charge >= 0.3 is 0 Å². The van der Waals surface area contributed by atoms with E-state index >= 15 is 0 Å². The molecule has 1 rings (SSSR count). The van der Waals surface area contributed by atoms with Crippen LogP contribution in [0.15, 0.2) is 29.2 Å². The average molecular weight is 364 g/mol. The van der Waals surface area contributed by atoms with Crippen molar-refractivity contribution in [3.05, 3.63) is 29.8 Å². The molecule has 0 heterocycles. The van der Waals surface area contributed by atoms with E-state index in [-0.39, 0.29) is 23.2 Å². The second kappa shape index (κ2) is 10.6. The summed E-state index contributed by atoms with van der Waals surface area (Å²) in [5.74, 6) is -0.0871. The van der Waals surface area contributed by atoms with Crippen molar-refractivity contribution in [1.29, 1.82) is 0 Å². The molecular weight excluding hydrogens is 338 g/mol. The van der Waals surface area contributed by atoms with Gasteiger partial charge in [-0.25, -0.2) is 13.1 Å². The fraction of sp³-hybridized carbons (Fsp3) is 0.533. The summed E-state index contributed by atoms with van der Waals surface area (Å²) in [5, 5.41) is 2.96. The predicted octanol–water partition coefficient (Wildman–Crippen LogP) is 1.48. The van der Waals surface area contributed by atoms with Crippen molar-refractivity contribution in [3.63, 3.8) is 0 Å². The highest BCUT2D eigenvalue weighted by Crippen LogP contribution is 2.12. The van der Waals surface area contributed by atoms with Crippen molar-refractivity contribution in [3.8, 4) is 0 Å². The maximum atomic E-state index is 12.2. The van der Waals surface area contributed by atoms with Crippen molar-refractivity contribution >= 4 is 28.3 Å². The Bertz CT molecular complexity index is 572. The first-order valence-corrected chi connectivity index (χ1v) is 8.98. The molecule has 0 saturated heterocycles. The van der Waals surface area contributed by atoms with Gasteiger partial charge in [0, 0.05) is 25.2 Å². The van der Waals surface area contributed by atoms with Gasteiger partial charge in [0.25, 0.3) is 5.91 Å². The smallest absolute Gasteiger partial charge is 0.253 e. The van der Waals surface area contributed by atoms with E-state index < -0.39 is 10.0 Å². The number of sulfonamides is 1. The summed E-state index contributed by atoms with van der Waals surface area (Å²) in [4.78, 5) is 14.0. The lowest BCUT2D eigenvalue weighted by atomic mass is 10.2. The van der Waals surface area contributed by atoms with Crippen molar-refractivity contribution in [1.82, 2.24) is 14.9 Å². The van der Waals surface area contributed by atoms with Crippen LogP contribution in [-0.4, -0.2) is 52.5 Å². The number of carbonyl (C=O) groups excluding carboxylic acids is 1. The maximum Gasteiger partial charge on any atom is 0.253 e. The van der Waals surface area contributed by atoms with Crippen LogP contribution in [0.25, 0.3) is 0 Å². The summed E-state index contributed by atoms with van der Waals surface area (Å²) < 4.78 is 26.7. The fourth-order valence-corrected chi connectivity index (χ4v) is 3.10. The minimum atomic E-state index is -3.52. The number of nitrogens with zero attached hydrogens (tertiary/aromatic N) is 1. The number of hydrogen-bond acceptors (Lipinski definition) is 4. The molecule has 0 aliphatic heterocycles. The molecule has 0 fully saturated rings. The predicted molar refractivity (Wildman–Crippen MR) is 94.7 cm³/mol. The first-order chi connectivity index (χ1) is 10.5. The van der Waals surface area contributed by atoms with Gasteiger partial charge in [0.15, 0.2) is 0 Å². The Kier molecular flexibility index (Phi) is 10.1. The molecule has 0 saturated carbocycles. The van der Waals surface area contributed by atoms with Crippen LogP contribution in [0.4, 0.5) is 0 Å². The molecule has 1 aromatic carbocycles. The zero-order valence-corrected chi connectivity index (χ0v) is 15.5. The number of hydrogen-bond donors (Lipinski definition) is 2. The molecule has 8 heteroatoms. The fourth-order valence-electron chi connectivity index (χ4n) is 2.03. The van der Waals surface area contributed by atoms with E-state index in [1.54, 1.807) is 17.0 Å². The van der Waals surface area contributed by atoms with E-state index in [0.717, 1.165) is 6.54 Å². The van der Waals surface area contributed by atoms with Crippen LogP contribution >= 0.6 is 12.4 Å². The lowest BCUT2D eigenvalue weighted by Crippen LogP contribution is -2.30. The highest BCUT2D eigenvalue weighted by atomic mass is 35.5.